The van der Waals surface area contributed by atoms with E-state index >= 15 is 0 Å². The van der Waals surface area contributed by atoms with Crippen LogP contribution in [0.2, 0.25) is 0 Å². The van der Waals surface area contributed by atoms with E-state index in [1.807, 2.05) is 6.92 Å². The summed E-state index contributed by atoms with van der Waals surface area (Å²) in [6.45, 7) is 5.17. The Morgan fingerprint density at radius 2 is 1.92 bits per heavy atom. The van der Waals surface area contributed by atoms with Gasteiger partial charge in [0.15, 0.2) is 0 Å². The molecule has 0 bridgehead atoms. The van der Waals surface area contributed by atoms with Crippen LogP contribution in [0.4, 0.5) is 0 Å². The van der Waals surface area contributed by atoms with Crippen molar-refractivity contribution < 1.29 is 18.0 Å². The molecule has 2 atom stereocenters. The fraction of sp³-hybridized carbons (Fsp3) is 0.765. The summed E-state index contributed by atoms with van der Waals surface area (Å²) in [5, 5.41) is 0. The van der Waals surface area contributed by atoms with Gasteiger partial charge < -0.3 is 9.80 Å². The summed E-state index contributed by atoms with van der Waals surface area (Å²) in [5.74, 6) is -0.839. The normalized spacial score (nSPS) is 26.1. The molecule has 3 heterocycles. The predicted octanol–water partition coefficient (Wildman–Crippen LogP) is 1.21. The molecule has 0 aliphatic carbocycles. The molecule has 3 aliphatic rings. The molecule has 0 saturated carbocycles. The highest BCUT2D eigenvalue weighted by Gasteiger charge is 2.53. The second kappa shape index (κ2) is 8.27. The molecule has 0 unspecified atom stereocenters. The first-order chi connectivity index (χ1) is 11.8. The van der Waals surface area contributed by atoms with Crippen LogP contribution in [0.15, 0.2) is 11.8 Å². The Morgan fingerprint density at radius 3 is 2.50 bits per heavy atom. The van der Waals surface area contributed by atoms with Crippen molar-refractivity contribution in [3.05, 3.63) is 11.8 Å². The maximum absolute atomic E-state index is 12.7. The fourth-order valence-electron chi connectivity index (χ4n) is 4.23. The van der Waals surface area contributed by atoms with Gasteiger partial charge in [-0.15, -0.1) is 12.4 Å². The van der Waals surface area contributed by atoms with E-state index in [1.165, 1.54) is 12.8 Å². The molecule has 3 rings (SSSR count). The van der Waals surface area contributed by atoms with Crippen LogP contribution in [-0.4, -0.2) is 72.8 Å². The third-order valence-electron chi connectivity index (χ3n) is 5.36. The molecule has 0 spiro atoms. The third-order valence-corrected chi connectivity index (χ3v) is 6.42. The molecule has 0 aromatic carbocycles. The van der Waals surface area contributed by atoms with Crippen LogP contribution in [0.1, 0.15) is 39.0 Å². The van der Waals surface area contributed by atoms with E-state index in [0.29, 0.717) is 25.1 Å². The summed E-state index contributed by atoms with van der Waals surface area (Å²) in [4.78, 5) is 29.4. The number of amides is 2. The number of carbonyl (C=O) groups is 2. The molecule has 26 heavy (non-hydrogen) atoms. The lowest BCUT2D eigenvalue weighted by molar-refractivity contribution is -0.134. The molecule has 2 saturated heterocycles. The van der Waals surface area contributed by atoms with E-state index in [9.17, 15) is 18.0 Å². The number of carbonyl (C=O) groups excluding carboxylic acids is 2. The minimum atomic E-state index is -3.66. The van der Waals surface area contributed by atoms with Gasteiger partial charge in [0.2, 0.25) is 21.8 Å². The zero-order valence-corrected chi connectivity index (χ0v) is 17.0. The van der Waals surface area contributed by atoms with Gasteiger partial charge in [0.25, 0.3) is 0 Å². The zero-order chi connectivity index (χ0) is 18.2. The average molecular weight is 406 g/mol. The van der Waals surface area contributed by atoms with Gasteiger partial charge in [0.05, 0.1) is 23.9 Å². The first-order valence-electron chi connectivity index (χ1n) is 9.10. The van der Waals surface area contributed by atoms with Gasteiger partial charge >= 0.3 is 0 Å². The van der Waals surface area contributed by atoms with Crippen molar-refractivity contribution >= 4 is 34.2 Å². The van der Waals surface area contributed by atoms with E-state index in [2.05, 4.69) is 4.90 Å². The van der Waals surface area contributed by atoms with Crippen LogP contribution >= 0.6 is 12.4 Å². The minimum absolute atomic E-state index is 0. The van der Waals surface area contributed by atoms with Crippen molar-refractivity contribution in [2.24, 2.45) is 5.92 Å². The first kappa shape index (κ1) is 21.2. The van der Waals surface area contributed by atoms with Crippen molar-refractivity contribution in [3.63, 3.8) is 0 Å². The summed E-state index contributed by atoms with van der Waals surface area (Å²) >= 11 is 0. The molecule has 148 valence electrons. The van der Waals surface area contributed by atoms with Gasteiger partial charge in [0, 0.05) is 19.5 Å². The molecular weight excluding hydrogens is 378 g/mol. The summed E-state index contributed by atoms with van der Waals surface area (Å²) in [5.41, 5.74) is 0.473. The number of fused-ring (bicyclic) bond motifs is 1. The van der Waals surface area contributed by atoms with E-state index in [4.69, 9.17) is 0 Å². The van der Waals surface area contributed by atoms with Crippen LogP contribution in [0.5, 0.6) is 0 Å². The lowest BCUT2D eigenvalue weighted by atomic mass is 9.96. The summed E-state index contributed by atoms with van der Waals surface area (Å²) in [6, 6.07) is -0.423. The van der Waals surface area contributed by atoms with Crippen molar-refractivity contribution in [2.75, 3.05) is 32.4 Å². The largest absolute Gasteiger partial charge is 0.329 e. The molecule has 3 aliphatic heterocycles. The summed E-state index contributed by atoms with van der Waals surface area (Å²) in [6.07, 6.45) is 6.92. The van der Waals surface area contributed by atoms with Crippen molar-refractivity contribution in [1.82, 2.24) is 14.1 Å². The zero-order valence-electron chi connectivity index (χ0n) is 15.4. The van der Waals surface area contributed by atoms with Gasteiger partial charge in [-0.2, -0.15) is 0 Å². The molecule has 0 aromatic heterocycles. The monoisotopic (exact) mass is 405 g/mol. The van der Waals surface area contributed by atoms with Crippen molar-refractivity contribution in [2.45, 2.75) is 45.1 Å². The first-order valence-corrected chi connectivity index (χ1v) is 11.0. The fourth-order valence-corrected chi connectivity index (χ4v) is 5.26. The van der Waals surface area contributed by atoms with Gasteiger partial charge in [-0.25, -0.2) is 12.7 Å². The second-order valence-corrected chi connectivity index (χ2v) is 9.01. The van der Waals surface area contributed by atoms with Crippen LogP contribution in [-0.2, 0) is 19.6 Å². The maximum Gasteiger partial charge on any atom is 0.246 e. The van der Waals surface area contributed by atoms with E-state index in [1.54, 1.807) is 11.0 Å². The highest BCUT2D eigenvalue weighted by molar-refractivity contribution is 7.89. The molecular formula is C17H28ClN3O4S. The number of rotatable bonds is 6. The van der Waals surface area contributed by atoms with Crippen LogP contribution < -0.4 is 0 Å². The number of hydrogen-bond donors (Lipinski definition) is 0. The molecule has 7 nitrogen and oxygen atoms in total. The van der Waals surface area contributed by atoms with Crippen LogP contribution in [0, 0.1) is 5.92 Å². The average Bonchev–Trinajstić information content (AvgIpc) is 3.23. The Bertz CT molecular complexity index is 688. The molecule has 0 N–H and O–H groups in total. The Balaban J connectivity index is 0.00000243. The number of halogens is 1. The van der Waals surface area contributed by atoms with E-state index in [-0.39, 0.29) is 18.3 Å². The number of hydrogen-bond acceptors (Lipinski definition) is 5. The van der Waals surface area contributed by atoms with Gasteiger partial charge in [-0.3, -0.25) is 9.59 Å². The van der Waals surface area contributed by atoms with Crippen LogP contribution in [0.25, 0.3) is 0 Å². The Morgan fingerprint density at radius 1 is 1.27 bits per heavy atom. The summed E-state index contributed by atoms with van der Waals surface area (Å²) in [7, 11) is -3.66. The minimum Gasteiger partial charge on any atom is -0.329 e. The standard InChI is InChI=1S/C17H27N3O4S.ClH/c1-3-6-13-16-14(20(17(13)22)25(2,23)24)7-12-19(16)15(21)8-11-18-9-4-5-10-18;/h7,13,16H,3-6,8-12H2,1-2H3;1H/t13-,16-;/m1./s1. The Hall–Kier alpha value is -1.12. The Kier molecular flexibility index (Phi) is 6.74. The molecule has 0 aromatic rings. The number of likely N-dealkylation sites (tertiary alicyclic amines) is 1. The topological polar surface area (TPSA) is 78.0 Å². The molecule has 2 amide bonds. The highest BCUT2D eigenvalue weighted by atomic mass is 35.5. The lowest BCUT2D eigenvalue weighted by Crippen LogP contribution is -2.42. The van der Waals surface area contributed by atoms with Gasteiger partial charge in [0.1, 0.15) is 0 Å². The van der Waals surface area contributed by atoms with Gasteiger partial charge in [-0.05, 0) is 38.4 Å². The van der Waals surface area contributed by atoms with Gasteiger partial charge in [-0.1, -0.05) is 13.3 Å². The van der Waals surface area contributed by atoms with Crippen LogP contribution in [0.3, 0.4) is 0 Å². The molecule has 0 radical (unpaired) electrons. The maximum atomic E-state index is 12.7. The quantitative estimate of drug-likeness (QED) is 0.663. The number of sulfonamides is 1. The predicted molar refractivity (Wildman–Crippen MR) is 101 cm³/mol. The van der Waals surface area contributed by atoms with Crippen molar-refractivity contribution in [3.8, 4) is 0 Å². The SMILES string of the molecule is CCC[C@H]1C(=O)N(S(C)(=O)=O)C2=CCN(C(=O)CCN3CCCC3)[C@@H]21.Cl. The van der Waals surface area contributed by atoms with E-state index in [0.717, 1.165) is 36.6 Å². The summed E-state index contributed by atoms with van der Waals surface area (Å²) < 4.78 is 25.1. The Labute approximate surface area is 161 Å². The molecule has 2 fully saturated rings. The number of nitrogens with zero attached hydrogens (tertiary/aromatic N) is 3. The van der Waals surface area contributed by atoms with Crippen molar-refractivity contribution in [1.29, 1.82) is 0 Å². The smallest absolute Gasteiger partial charge is 0.246 e. The highest BCUT2D eigenvalue weighted by Crippen LogP contribution is 2.40. The third kappa shape index (κ3) is 3.92. The second-order valence-electron chi connectivity index (χ2n) is 7.18. The molecule has 9 heteroatoms. The lowest BCUT2D eigenvalue weighted by Gasteiger charge is -2.27. The van der Waals surface area contributed by atoms with E-state index < -0.39 is 27.9 Å².